The van der Waals surface area contributed by atoms with Gasteiger partial charge in [-0.05, 0) is 58.4 Å². The third-order valence-electron chi connectivity index (χ3n) is 4.66. The second kappa shape index (κ2) is 3.25. The van der Waals surface area contributed by atoms with Crippen LogP contribution in [0.15, 0.2) is 18.2 Å². The van der Waals surface area contributed by atoms with E-state index in [9.17, 15) is 0 Å². The lowest BCUT2D eigenvalue weighted by atomic mass is 9.62. The van der Waals surface area contributed by atoms with Crippen molar-refractivity contribution in [2.75, 3.05) is 0 Å². The minimum atomic E-state index is 0.324. The number of hydrogen-bond donors (Lipinski definition) is 0. The molecule has 3 rings (SSSR count). The maximum absolute atomic E-state index is 3.39. The van der Waals surface area contributed by atoms with Gasteiger partial charge in [-0.15, -0.1) is 0 Å². The Balaban J connectivity index is 2.26. The zero-order chi connectivity index (χ0) is 12.3. The molecule has 1 aromatic rings. The van der Waals surface area contributed by atoms with Crippen LogP contribution in [-0.4, -0.2) is 0 Å². The predicted molar refractivity (Wildman–Crippen MR) is 72.3 cm³/mol. The zero-order valence-corrected chi connectivity index (χ0v) is 11.4. The van der Waals surface area contributed by atoms with Gasteiger partial charge in [-0.1, -0.05) is 45.9 Å². The standard InChI is InChI=1S/C17H21/c1-16(2)8-9-17(3,4)15-11-13-7-5-6-12(13)10-14(15)16/h5,10-11H,6,8-9H2,1-4H3. The lowest BCUT2D eigenvalue weighted by Gasteiger charge is -2.42. The molecule has 1 radical (unpaired) electrons. The van der Waals surface area contributed by atoms with Gasteiger partial charge >= 0.3 is 0 Å². The summed E-state index contributed by atoms with van der Waals surface area (Å²) < 4.78 is 0. The van der Waals surface area contributed by atoms with Crippen molar-refractivity contribution in [1.29, 1.82) is 0 Å². The van der Waals surface area contributed by atoms with Crippen molar-refractivity contribution >= 4 is 0 Å². The fraction of sp³-hybridized carbons (Fsp3) is 0.529. The van der Waals surface area contributed by atoms with E-state index in [0.717, 1.165) is 6.42 Å². The average molecular weight is 225 g/mol. The molecule has 0 fully saturated rings. The molecule has 0 aromatic heterocycles. The molecule has 0 amide bonds. The second-order valence-corrected chi connectivity index (χ2v) is 6.88. The molecule has 1 aromatic carbocycles. The number of allylic oxidation sites excluding steroid dienone is 1. The van der Waals surface area contributed by atoms with E-state index < -0.39 is 0 Å². The van der Waals surface area contributed by atoms with Gasteiger partial charge in [-0.2, -0.15) is 0 Å². The number of hydrogen-bond acceptors (Lipinski definition) is 0. The van der Waals surface area contributed by atoms with Crippen LogP contribution in [0.25, 0.3) is 0 Å². The Bertz CT molecular complexity index is 501. The van der Waals surface area contributed by atoms with Gasteiger partial charge in [-0.3, -0.25) is 0 Å². The normalized spacial score (nSPS) is 23.3. The highest BCUT2D eigenvalue weighted by Crippen LogP contribution is 2.46. The molecule has 0 nitrogen and oxygen atoms in total. The Morgan fingerprint density at radius 2 is 1.53 bits per heavy atom. The summed E-state index contributed by atoms with van der Waals surface area (Å²) in [6.07, 6.45) is 9.20. The van der Waals surface area contributed by atoms with Crippen molar-refractivity contribution in [2.24, 2.45) is 0 Å². The van der Waals surface area contributed by atoms with Crippen LogP contribution in [0.2, 0.25) is 0 Å². The van der Waals surface area contributed by atoms with Crippen LogP contribution in [0.4, 0.5) is 0 Å². The lowest BCUT2D eigenvalue weighted by molar-refractivity contribution is 0.331. The second-order valence-electron chi connectivity index (χ2n) is 6.88. The van der Waals surface area contributed by atoms with Crippen LogP contribution in [0.3, 0.4) is 0 Å². The maximum atomic E-state index is 3.39. The van der Waals surface area contributed by atoms with E-state index in [1.165, 1.54) is 24.0 Å². The fourth-order valence-corrected chi connectivity index (χ4v) is 3.23. The van der Waals surface area contributed by atoms with E-state index in [-0.39, 0.29) is 0 Å². The van der Waals surface area contributed by atoms with Crippen LogP contribution in [-0.2, 0) is 17.3 Å². The number of fused-ring (bicyclic) bond motifs is 2. The van der Waals surface area contributed by atoms with E-state index >= 15 is 0 Å². The first-order chi connectivity index (χ1) is 7.90. The summed E-state index contributed by atoms with van der Waals surface area (Å²) in [7, 11) is 0. The van der Waals surface area contributed by atoms with Crippen LogP contribution < -0.4 is 0 Å². The first kappa shape index (κ1) is 11.1. The molecule has 0 spiro atoms. The molecule has 17 heavy (non-hydrogen) atoms. The van der Waals surface area contributed by atoms with Crippen LogP contribution >= 0.6 is 0 Å². The smallest absolute Gasteiger partial charge is 0.00817 e. The van der Waals surface area contributed by atoms with Gasteiger partial charge in [-0.25, -0.2) is 0 Å². The molecule has 0 heterocycles. The summed E-state index contributed by atoms with van der Waals surface area (Å²) in [4.78, 5) is 0. The molecule has 0 saturated carbocycles. The van der Waals surface area contributed by atoms with Crippen LogP contribution in [0, 0.1) is 6.08 Å². The Labute approximate surface area is 105 Å². The van der Waals surface area contributed by atoms with Gasteiger partial charge in [0.15, 0.2) is 0 Å². The molecule has 0 unspecified atom stereocenters. The molecule has 0 heteroatoms. The lowest BCUT2D eigenvalue weighted by Crippen LogP contribution is -2.34. The Morgan fingerprint density at radius 1 is 0.941 bits per heavy atom. The highest BCUT2D eigenvalue weighted by molar-refractivity contribution is 5.51. The van der Waals surface area contributed by atoms with Crippen molar-refractivity contribution in [2.45, 2.75) is 57.8 Å². The molecule has 0 saturated heterocycles. The van der Waals surface area contributed by atoms with Gasteiger partial charge in [0.2, 0.25) is 0 Å². The molecule has 0 aliphatic heterocycles. The van der Waals surface area contributed by atoms with E-state index in [4.69, 9.17) is 0 Å². The Hall–Kier alpha value is -1.04. The topological polar surface area (TPSA) is 0 Å². The molecule has 2 aliphatic rings. The van der Waals surface area contributed by atoms with Crippen LogP contribution in [0.1, 0.15) is 62.8 Å². The van der Waals surface area contributed by atoms with E-state index in [1.54, 1.807) is 11.1 Å². The number of benzene rings is 1. The van der Waals surface area contributed by atoms with Gasteiger partial charge < -0.3 is 0 Å². The summed E-state index contributed by atoms with van der Waals surface area (Å²) in [5.41, 5.74) is 6.58. The molecule has 2 aliphatic carbocycles. The van der Waals surface area contributed by atoms with Gasteiger partial charge in [0.05, 0.1) is 0 Å². The monoisotopic (exact) mass is 225 g/mol. The quantitative estimate of drug-likeness (QED) is 0.617. The summed E-state index contributed by atoms with van der Waals surface area (Å²) >= 11 is 0. The molecular formula is C17H21. The SMILES string of the molecule is CC1(C)CCC(C)(C)c2cc3c(cc21)[C]=CC3. The van der Waals surface area contributed by atoms with Gasteiger partial charge in [0.1, 0.15) is 0 Å². The Morgan fingerprint density at radius 3 is 2.18 bits per heavy atom. The summed E-state index contributed by atoms with van der Waals surface area (Å²) in [6, 6.07) is 4.84. The van der Waals surface area contributed by atoms with Crippen molar-refractivity contribution in [3.05, 3.63) is 46.5 Å². The summed E-state index contributed by atoms with van der Waals surface area (Å²) in [5, 5.41) is 0. The third-order valence-corrected chi connectivity index (χ3v) is 4.66. The minimum Gasteiger partial charge on any atom is -0.0716 e. The summed E-state index contributed by atoms with van der Waals surface area (Å²) in [5.74, 6) is 0. The van der Waals surface area contributed by atoms with Gasteiger partial charge in [0, 0.05) is 0 Å². The van der Waals surface area contributed by atoms with E-state index in [2.05, 4.69) is 52.0 Å². The molecule has 0 N–H and O–H groups in total. The van der Waals surface area contributed by atoms with E-state index in [0.29, 0.717) is 10.8 Å². The average Bonchev–Trinajstić information content (AvgIpc) is 2.70. The molecule has 0 atom stereocenters. The fourth-order valence-electron chi connectivity index (χ4n) is 3.23. The van der Waals surface area contributed by atoms with Crippen molar-refractivity contribution in [3.63, 3.8) is 0 Å². The summed E-state index contributed by atoms with van der Waals surface area (Å²) in [6.45, 7) is 9.54. The first-order valence-electron chi connectivity index (χ1n) is 6.66. The zero-order valence-electron chi connectivity index (χ0n) is 11.4. The first-order valence-corrected chi connectivity index (χ1v) is 6.66. The van der Waals surface area contributed by atoms with Crippen molar-refractivity contribution < 1.29 is 0 Å². The largest absolute Gasteiger partial charge is 0.0716 e. The highest BCUT2D eigenvalue weighted by atomic mass is 14.4. The number of rotatable bonds is 0. The molecule has 89 valence electrons. The molecular weight excluding hydrogens is 204 g/mol. The Kier molecular flexibility index (Phi) is 2.12. The van der Waals surface area contributed by atoms with E-state index in [1.807, 2.05) is 0 Å². The predicted octanol–water partition coefficient (Wildman–Crippen LogP) is 4.30. The minimum absolute atomic E-state index is 0.324. The highest BCUT2D eigenvalue weighted by Gasteiger charge is 2.37. The van der Waals surface area contributed by atoms with Crippen LogP contribution in [0.5, 0.6) is 0 Å². The molecule has 0 bridgehead atoms. The van der Waals surface area contributed by atoms with Crippen molar-refractivity contribution in [1.82, 2.24) is 0 Å². The van der Waals surface area contributed by atoms with Crippen molar-refractivity contribution in [3.8, 4) is 0 Å². The van der Waals surface area contributed by atoms with Gasteiger partial charge in [0.25, 0.3) is 0 Å². The maximum Gasteiger partial charge on any atom is -0.00817 e. The third kappa shape index (κ3) is 1.57.